The van der Waals surface area contributed by atoms with Gasteiger partial charge in [0.15, 0.2) is 0 Å². The zero-order valence-electron chi connectivity index (χ0n) is 14.5. The van der Waals surface area contributed by atoms with Crippen molar-refractivity contribution in [2.24, 2.45) is 0 Å². The molecule has 0 radical (unpaired) electrons. The number of benzene rings is 1. The van der Waals surface area contributed by atoms with Crippen LogP contribution in [0.1, 0.15) is 34.7 Å². The smallest absolute Gasteiger partial charge is 0.360 e. The van der Waals surface area contributed by atoms with E-state index in [1.54, 1.807) is 31.2 Å². The first-order valence-electron chi connectivity index (χ1n) is 8.35. The van der Waals surface area contributed by atoms with Gasteiger partial charge in [0.25, 0.3) is 5.91 Å². The van der Waals surface area contributed by atoms with Crippen molar-refractivity contribution in [3.8, 4) is 11.3 Å². The van der Waals surface area contributed by atoms with Gasteiger partial charge in [-0.2, -0.15) is 13.2 Å². The first-order chi connectivity index (χ1) is 12.7. The van der Waals surface area contributed by atoms with Crippen LogP contribution in [-0.4, -0.2) is 33.6 Å². The number of alkyl halides is 3. The van der Waals surface area contributed by atoms with Crippen LogP contribution in [0.2, 0.25) is 0 Å². The van der Waals surface area contributed by atoms with E-state index in [0.717, 1.165) is 5.69 Å². The lowest BCUT2D eigenvalue weighted by atomic mass is 10.1. The number of H-pyrrole nitrogens is 1. The van der Waals surface area contributed by atoms with Crippen LogP contribution in [0.5, 0.6) is 0 Å². The number of para-hydroxylation sites is 1. The fourth-order valence-electron chi connectivity index (χ4n) is 3.23. The summed E-state index contributed by atoms with van der Waals surface area (Å²) >= 11 is 0. The number of halogens is 3. The van der Waals surface area contributed by atoms with Crippen LogP contribution < -0.4 is 10.6 Å². The van der Waals surface area contributed by atoms with Crippen molar-refractivity contribution in [2.75, 3.05) is 11.9 Å². The van der Waals surface area contributed by atoms with Crippen LogP contribution in [0.25, 0.3) is 22.3 Å². The third-order valence-electron chi connectivity index (χ3n) is 4.49. The number of carbonyl (C=O) groups excluding carboxylic acids is 1. The molecular weight excluding hydrogens is 359 g/mol. The van der Waals surface area contributed by atoms with E-state index >= 15 is 0 Å². The lowest BCUT2D eigenvalue weighted by Gasteiger charge is -2.13. The number of fused-ring (bicyclic) bond motifs is 2. The van der Waals surface area contributed by atoms with Gasteiger partial charge in [-0.25, -0.2) is 9.97 Å². The number of aromatic amines is 1. The number of nitrogens with zero attached hydrogens (tertiary/aromatic N) is 2. The SMILES string of the molecule is Cc1nc2cccc(-c3cc4c([nH]3)C(C)NC4=O)c2nc1NCC(F)(F)F. The van der Waals surface area contributed by atoms with Gasteiger partial charge in [-0.15, -0.1) is 0 Å². The van der Waals surface area contributed by atoms with E-state index in [4.69, 9.17) is 0 Å². The van der Waals surface area contributed by atoms with Gasteiger partial charge in [0.1, 0.15) is 17.9 Å². The molecule has 27 heavy (non-hydrogen) atoms. The Labute approximate surface area is 152 Å². The number of hydrogen-bond acceptors (Lipinski definition) is 4. The maximum absolute atomic E-state index is 12.5. The first kappa shape index (κ1) is 17.3. The van der Waals surface area contributed by atoms with Crippen molar-refractivity contribution < 1.29 is 18.0 Å². The Morgan fingerprint density at radius 1 is 1.22 bits per heavy atom. The van der Waals surface area contributed by atoms with Crippen LogP contribution in [0.3, 0.4) is 0 Å². The van der Waals surface area contributed by atoms with Gasteiger partial charge >= 0.3 is 6.18 Å². The third-order valence-corrected chi connectivity index (χ3v) is 4.49. The molecule has 3 heterocycles. The molecule has 1 aliphatic heterocycles. The molecule has 0 spiro atoms. The zero-order valence-corrected chi connectivity index (χ0v) is 14.5. The molecule has 0 saturated heterocycles. The van der Waals surface area contributed by atoms with Crippen molar-refractivity contribution in [1.82, 2.24) is 20.3 Å². The summed E-state index contributed by atoms with van der Waals surface area (Å²) in [5, 5.41) is 5.11. The number of carbonyl (C=O) groups is 1. The quantitative estimate of drug-likeness (QED) is 0.652. The van der Waals surface area contributed by atoms with E-state index in [2.05, 4.69) is 25.6 Å². The van der Waals surface area contributed by atoms with Crippen LogP contribution in [0.4, 0.5) is 19.0 Å². The van der Waals surface area contributed by atoms with E-state index in [-0.39, 0.29) is 17.8 Å². The average Bonchev–Trinajstić information content (AvgIpc) is 3.13. The second-order valence-corrected chi connectivity index (χ2v) is 6.51. The topological polar surface area (TPSA) is 82.7 Å². The Bertz CT molecular complexity index is 1060. The van der Waals surface area contributed by atoms with Gasteiger partial charge in [0.05, 0.1) is 28.5 Å². The molecule has 1 amide bonds. The van der Waals surface area contributed by atoms with Crippen LogP contribution in [0, 0.1) is 6.92 Å². The molecule has 4 rings (SSSR count). The summed E-state index contributed by atoms with van der Waals surface area (Å²) in [6.07, 6.45) is -4.35. The van der Waals surface area contributed by atoms with E-state index in [0.29, 0.717) is 33.5 Å². The summed E-state index contributed by atoms with van der Waals surface area (Å²) in [6, 6.07) is 6.94. The Morgan fingerprint density at radius 3 is 2.70 bits per heavy atom. The average molecular weight is 375 g/mol. The zero-order chi connectivity index (χ0) is 19.3. The van der Waals surface area contributed by atoms with Gasteiger partial charge < -0.3 is 15.6 Å². The van der Waals surface area contributed by atoms with Crippen molar-refractivity contribution in [3.63, 3.8) is 0 Å². The second kappa shape index (κ2) is 5.97. The summed E-state index contributed by atoms with van der Waals surface area (Å²) in [6.45, 7) is 2.28. The highest BCUT2D eigenvalue weighted by molar-refractivity contribution is 6.01. The van der Waals surface area contributed by atoms with Gasteiger partial charge in [-0.05, 0) is 26.0 Å². The van der Waals surface area contributed by atoms with Crippen molar-refractivity contribution in [3.05, 3.63) is 41.2 Å². The molecule has 0 bridgehead atoms. The number of amides is 1. The first-order valence-corrected chi connectivity index (χ1v) is 8.35. The molecule has 9 heteroatoms. The fourth-order valence-corrected chi connectivity index (χ4v) is 3.23. The second-order valence-electron chi connectivity index (χ2n) is 6.51. The molecule has 0 aliphatic carbocycles. The fraction of sp³-hybridized carbons (Fsp3) is 0.278. The number of rotatable bonds is 3. The van der Waals surface area contributed by atoms with Gasteiger partial charge in [-0.3, -0.25) is 4.79 Å². The summed E-state index contributed by atoms with van der Waals surface area (Å²) < 4.78 is 37.6. The molecule has 3 N–H and O–H groups in total. The lowest BCUT2D eigenvalue weighted by Crippen LogP contribution is -2.22. The molecule has 3 aromatic rings. The standard InChI is InChI=1S/C18H16F3N5O/c1-8-14-11(17(27)24-8)6-13(25-14)10-4-3-5-12-15(10)26-16(9(2)23-12)22-7-18(19,20)21/h3-6,8,25H,7H2,1-2H3,(H,22,26)(H,24,27). The highest BCUT2D eigenvalue weighted by Gasteiger charge is 2.29. The Hall–Kier alpha value is -3.10. The minimum atomic E-state index is -4.35. The summed E-state index contributed by atoms with van der Waals surface area (Å²) in [4.78, 5) is 24.0. The molecule has 1 atom stereocenters. The minimum Gasteiger partial charge on any atom is -0.360 e. The molecule has 6 nitrogen and oxygen atoms in total. The van der Waals surface area contributed by atoms with Gasteiger partial charge in [-0.1, -0.05) is 12.1 Å². The van der Waals surface area contributed by atoms with Crippen LogP contribution >= 0.6 is 0 Å². The van der Waals surface area contributed by atoms with Crippen molar-refractivity contribution in [2.45, 2.75) is 26.1 Å². The highest BCUT2D eigenvalue weighted by atomic mass is 19.4. The molecule has 2 aromatic heterocycles. The number of aromatic nitrogens is 3. The predicted octanol–water partition coefficient (Wildman–Crippen LogP) is 3.71. The molecule has 1 aliphatic rings. The van der Waals surface area contributed by atoms with E-state index in [9.17, 15) is 18.0 Å². The number of hydrogen-bond donors (Lipinski definition) is 3. The maximum atomic E-state index is 12.5. The van der Waals surface area contributed by atoms with Gasteiger partial charge in [0, 0.05) is 11.3 Å². The number of aryl methyl sites for hydroxylation is 1. The monoisotopic (exact) mass is 375 g/mol. The van der Waals surface area contributed by atoms with E-state index < -0.39 is 12.7 Å². The number of nitrogens with one attached hydrogen (secondary N) is 3. The Balaban J connectivity index is 1.81. The van der Waals surface area contributed by atoms with E-state index in [1.165, 1.54) is 0 Å². The number of anilines is 1. The molecule has 0 saturated carbocycles. The van der Waals surface area contributed by atoms with Crippen LogP contribution in [-0.2, 0) is 0 Å². The highest BCUT2D eigenvalue weighted by Crippen LogP contribution is 2.33. The summed E-state index contributed by atoms with van der Waals surface area (Å²) in [5.41, 5.74) is 4.09. The minimum absolute atomic E-state index is 0.0810. The van der Waals surface area contributed by atoms with Crippen molar-refractivity contribution in [1.29, 1.82) is 0 Å². The molecule has 0 fully saturated rings. The summed E-state index contributed by atoms with van der Waals surface area (Å²) in [5.74, 6) is -0.0767. The Kier molecular flexibility index (Phi) is 3.83. The molecule has 140 valence electrons. The van der Waals surface area contributed by atoms with E-state index in [1.807, 2.05) is 6.92 Å². The van der Waals surface area contributed by atoms with Crippen LogP contribution in [0.15, 0.2) is 24.3 Å². The Morgan fingerprint density at radius 2 is 2.00 bits per heavy atom. The normalized spacial score (nSPS) is 16.5. The molecular formula is C18H16F3N5O. The molecule has 1 unspecified atom stereocenters. The third kappa shape index (κ3) is 3.09. The van der Waals surface area contributed by atoms with Crippen molar-refractivity contribution >= 4 is 22.8 Å². The molecule has 1 aromatic carbocycles. The largest absolute Gasteiger partial charge is 0.405 e. The lowest BCUT2D eigenvalue weighted by molar-refractivity contribution is -0.115. The maximum Gasteiger partial charge on any atom is 0.405 e. The summed E-state index contributed by atoms with van der Waals surface area (Å²) in [7, 11) is 0. The predicted molar refractivity (Wildman–Crippen MR) is 94.5 cm³/mol. The van der Waals surface area contributed by atoms with Gasteiger partial charge in [0.2, 0.25) is 0 Å².